The third kappa shape index (κ3) is 3.31. The second kappa shape index (κ2) is 7.54. The van der Waals surface area contributed by atoms with Crippen LogP contribution in [0.3, 0.4) is 0 Å². The molecule has 2 aromatic rings. The van der Waals surface area contributed by atoms with E-state index < -0.39 is 5.41 Å². The highest BCUT2D eigenvalue weighted by Gasteiger charge is 2.53. The highest BCUT2D eigenvalue weighted by Crippen LogP contribution is 2.38. The Morgan fingerprint density at radius 3 is 2.77 bits per heavy atom. The van der Waals surface area contributed by atoms with Crippen molar-refractivity contribution in [3.63, 3.8) is 0 Å². The molecule has 4 heterocycles. The van der Waals surface area contributed by atoms with Gasteiger partial charge in [0.15, 0.2) is 0 Å². The molecule has 0 radical (unpaired) electrons. The SMILES string of the molecule is Cc1[nH]nc2c1CN(C(=O)C1(Cc3ccccc3)CN(C(=O)[C@H]3CCCO3)C1)CC2. The fourth-order valence-corrected chi connectivity index (χ4v) is 5.06. The Balaban J connectivity index is 1.36. The quantitative estimate of drug-likeness (QED) is 0.838. The molecule has 2 fully saturated rings. The number of aromatic nitrogens is 2. The van der Waals surface area contributed by atoms with Crippen LogP contribution in [0.4, 0.5) is 0 Å². The molecule has 0 unspecified atom stereocenters. The van der Waals surface area contributed by atoms with Gasteiger partial charge in [-0.2, -0.15) is 5.10 Å². The first kappa shape index (κ1) is 19.3. The lowest BCUT2D eigenvalue weighted by Crippen LogP contribution is -2.67. The van der Waals surface area contributed by atoms with Gasteiger partial charge in [-0.05, 0) is 31.7 Å². The zero-order valence-electron chi connectivity index (χ0n) is 17.4. The minimum Gasteiger partial charge on any atom is -0.368 e. The maximum atomic E-state index is 13.8. The van der Waals surface area contributed by atoms with Crippen molar-refractivity contribution in [3.05, 3.63) is 52.8 Å². The fraction of sp³-hybridized carbons (Fsp3) is 0.522. The topological polar surface area (TPSA) is 78.5 Å². The molecule has 7 heteroatoms. The summed E-state index contributed by atoms with van der Waals surface area (Å²) < 4.78 is 5.58. The lowest BCUT2D eigenvalue weighted by Gasteiger charge is -2.51. The van der Waals surface area contributed by atoms with E-state index in [-0.39, 0.29) is 17.9 Å². The molecule has 0 saturated carbocycles. The molecular weight excluding hydrogens is 380 g/mol. The third-order valence-corrected chi connectivity index (χ3v) is 6.76. The number of fused-ring (bicyclic) bond motifs is 1. The number of carbonyl (C=O) groups excluding carboxylic acids is 2. The number of likely N-dealkylation sites (tertiary alicyclic amines) is 1. The minimum absolute atomic E-state index is 0.0376. The van der Waals surface area contributed by atoms with Crippen LogP contribution in [-0.2, 0) is 33.7 Å². The second-order valence-corrected chi connectivity index (χ2v) is 8.89. The van der Waals surface area contributed by atoms with Gasteiger partial charge in [-0.25, -0.2) is 0 Å². The third-order valence-electron chi connectivity index (χ3n) is 6.76. The average Bonchev–Trinajstić information content (AvgIpc) is 3.40. The van der Waals surface area contributed by atoms with E-state index in [1.54, 1.807) is 0 Å². The molecule has 158 valence electrons. The molecule has 2 saturated heterocycles. The largest absolute Gasteiger partial charge is 0.368 e. The predicted octanol–water partition coefficient (Wildman–Crippen LogP) is 1.85. The monoisotopic (exact) mass is 408 g/mol. The van der Waals surface area contributed by atoms with Crippen LogP contribution >= 0.6 is 0 Å². The summed E-state index contributed by atoms with van der Waals surface area (Å²) in [5.41, 5.74) is 3.80. The molecule has 0 aliphatic carbocycles. The van der Waals surface area contributed by atoms with E-state index in [4.69, 9.17) is 4.74 Å². The van der Waals surface area contributed by atoms with Gasteiger partial charge in [0.05, 0.1) is 11.1 Å². The fourth-order valence-electron chi connectivity index (χ4n) is 5.06. The minimum atomic E-state index is -0.565. The number of nitrogens with zero attached hydrogens (tertiary/aromatic N) is 3. The summed E-state index contributed by atoms with van der Waals surface area (Å²) in [5, 5.41) is 7.41. The molecule has 2 amide bonds. The van der Waals surface area contributed by atoms with Crippen LogP contribution in [0.5, 0.6) is 0 Å². The molecule has 0 spiro atoms. The molecule has 3 aliphatic rings. The number of amides is 2. The van der Waals surface area contributed by atoms with E-state index in [9.17, 15) is 9.59 Å². The number of ether oxygens (including phenoxy) is 1. The molecule has 30 heavy (non-hydrogen) atoms. The van der Waals surface area contributed by atoms with Crippen LogP contribution in [0, 0.1) is 12.3 Å². The number of hydrogen-bond donors (Lipinski definition) is 1. The highest BCUT2D eigenvalue weighted by atomic mass is 16.5. The maximum Gasteiger partial charge on any atom is 0.251 e. The van der Waals surface area contributed by atoms with Gasteiger partial charge >= 0.3 is 0 Å². The lowest BCUT2D eigenvalue weighted by molar-refractivity contribution is -0.166. The van der Waals surface area contributed by atoms with E-state index in [1.165, 1.54) is 0 Å². The molecule has 1 aromatic carbocycles. The summed E-state index contributed by atoms with van der Waals surface area (Å²) >= 11 is 0. The zero-order chi connectivity index (χ0) is 20.7. The van der Waals surface area contributed by atoms with Crippen molar-refractivity contribution in [1.29, 1.82) is 0 Å². The van der Waals surface area contributed by atoms with Gasteiger partial charge < -0.3 is 14.5 Å². The van der Waals surface area contributed by atoms with E-state index in [0.29, 0.717) is 39.2 Å². The molecule has 0 bridgehead atoms. The molecule has 1 N–H and O–H groups in total. The first-order valence-corrected chi connectivity index (χ1v) is 10.8. The number of nitrogens with one attached hydrogen (secondary N) is 1. The summed E-state index contributed by atoms with van der Waals surface area (Å²) in [6, 6.07) is 10.1. The smallest absolute Gasteiger partial charge is 0.251 e. The van der Waals surface area contributed by atoms with E-state index in [1.807, 2.05) is 34.9 Å². The normalized spacial score (nSPS) is 22.5. The van der Waals surface area contributed by atoms with Gasteiger partial charge in [-0.1, -0.05) is 30.3 Å². The summed E-state index contributed by atoms with van der Waals surface area (Å²) in [5.74, 6) is 0.185. The molecule has 1 aromatic heterocycles. The van der Waals surface area contributed by atoms with Crippen LogP contribution in [-0.4, -0.2) is 64.2 Å². The van der Waals surface area contributed by atoms with Crippen LogP contribution < -0.4 is 0 Å². The van der Waals surface area contributed by atoms with E-state index in [0.717, 1.165) is 41.8 Å². The number of aryl methyl sites for hydroxylation is 1. The van der Waals surface area contributed by atoms with Gasteiger partial charge in [0.25, 0.3) is 5.91 Å². The Labute approximate surface area is 176 Å². The standard InChI is InChI=1S/C23H28N4O3/c1-16-18-13-26(10-9-19(18)25-24-16)22(29)23(12-17-6-3-2-4-7-17)14-27(15-23)21(28)20-8-5-11-30-20/h2-4,6-7,20H,5,8-15H2,1H3,(H,24,25)/t20-/m1/s1. The second-order valence-electron chi connectivity index (χ2n) is 8.89. The molecule has 1 atom stereocenters. The number of aromatic amines is 1. The van der Waals surface area contributed by atoms with Crippen LogP contribution in [0.1, 0.15) is 35.4 Å². The molecule has 5 rings (SSSR count). The molecule has 3 aliphatic heterocycles. The molecule has 7 nitrogen and oxygen atoms in total. The Bertz CT molecular complexity index is 943. The van der Waals surface area contributed by atoms with Crippen molar-refractivity contribution in [2.24, 2.45) is 5.41 Å². The van der Waals surface area contributed by atoms with Crippen LogP contribution in [0.2, 0.25) is 0 Å². The number of carbonyl (C=O) groups is 2. The van der Waals surface area contributed by atoms with Gasteiger partial charge in [0.2, 0.25) is 5.91 Å². The Morgan fingerprint density at radius 1 is 1.23 bits per heavy atom. The summed E-state index contributed by atoms with van der Waals surface area (Å²) in [7, 11) is 0. The maximum absolute atomic E-state index is 13.8. The summed E-state index contributed by atoms with van der Waals surface area (Å²) in [4.78, 5) is 30.3. The van der Waals surface area contributed by atoms with Crippen molar-refractivity contribution in [2.75, 3.05) is 26.2 Å². The summed E-state index contributed by atoms with van der Waals surface area (Å²) in [6.45, 7) is 4.85. The zero-order valence-corrected chi connectivity index (χ0v) is 17.4. The molecular formula is C23H28N4O3. The van der Waals surface area contributed by atoms with Crippen LogP contribution in [0.15, 0.2) is 30.3 Å². The first-order valence-electron chi connectivity index (χ1n) is 10.8. The Kier molecular flexibility index (Phi) is 4.85. The van der Waals surface area contributed by atoms with Crippen molar-refractivity contribution in [2.45, 2.75) is 45.3 Å². The highest BCUT2D eigenvalue weighted by molar-refractivity contribution is 5.89. The van der Waals surface area contributed by atoms with Crippen molar-refractivity contribution < 1.29 is 14.3 Å². The van der Waals surface area contributed by atoms with Gasteiger partial charge in [-0.3, -0.25) is 14.7 Å². The van der Waals surface area contributed by atoms with Crippen molar-refractivity contribution >= 4 is 11.8 Å². The number of hydrogen-bond acceptors (Lipinski definition) is 4. The van der Waals surface area contributed by atoms with Crippen LogP contribution in [0.25, 0.3) is 0 Å². The average molecular weight is 409 g/mol. The Hall–Kier alpha value is -2.67. The van der Waals surface area contributed by atoms with Crippen molar-refractivity contribution in [3.8, 4) is 0 Å². The Morgan fingerprint density at radius 2 is 2.03 bits per heavy atom. The van der Waals surface area contributed by atoms with Gasteiger partial charge in [-0.15, -0.1) is 0 Å². The van der Waals surface area contributed by atoms with Gasteiger partial charge in [0.1, 0.15) is 6.10 Å². The summed E-state index contributed by atoms with van der Waals surface area (Å²) in [6.07, 6.45) is 2.80. The number of rotatable bonds is 4. The lowest BCUT2D eigenvalue weighted by atomic mass is 9.73. The van der Waals surface area contributed by atoms with E-state index >= 15 is 0 Å². The predicted molar refractivity (Wildman–Crippen MR) is 111 cm³/mol. The number of benzene rings is 1. The first-order chi connectivity index (χ1) is 14.6. The number of H-pyrrole nitrogens is 1. The van der Waals surface area contributed by atoms with Gasteiger partial charge in [0, 0.05) is 50.5 Å². The van der Waals surface area contributed by atoms with Crippen molar-refractivity contribution in [1.82, 2.24) is 20.0 Å². The van der Waals surface area contributed by atoms with E-state index in [2.05, 4.69) is 22.3 Å².